The summed E-state index contributed by atoms with van der Waals surface area (Å²) >= 11 is 0. The van der Waals surface area contributed by atoms with Gasteiger partial charge in [-0.15, -0.1) is 6.58 Å². The van der Waals surface area contributed by atoms with Crippen LogP contribution in [0.5, 0.6) is 0 Å². The van der Waals surface area contributed by atoms with Gasteiger partial charge >= 0.3 is 5.97 Å². The summed E-state index contributed by atoms with van der Waals surface area (Å²) in [5.41, 5.74) is 0.747. The van der Waals surface area contributed by atoms with Crippen molar-refractivity contribution in [1.82, 2.24) is 9.88 Å². The molecule has 0 aliphatic rings. The maximum absolute atomic E-state index is 12.0. The first-order chi connectivity index (χ1) is 9.56. The van der Waals surface area contributed by atoms with Crippen molar-refractivity contribution < 1.29 is 14.7 Å². The normalized spacial score (nSPS) is 12.1. The summed E-state index contributed by atoms with van der Waals surface area (Å²) in [7, 11) is 0. The largest absolute Gasteiger partial charge is 0.478 e. The molecular weight excluding hydrogens is 256 g/mol. The summed E-state index contributed by atoms with van der Waals surface area (Å²) < 4.78 is 1.68. The van der Waals surface area contributed by atoms with Crippen molar-refractivity contribution in [3.05, 3.63) is 48.7 Å². The molecule has 0 radical (unpaired) electrons. The molecule has 104 valence electrons. The number of carboxylic acids is 1. The summed E-state index contributed by atoms with van der Waals surface area (Å²) in [5.74, 6) is -1.18. The maximum Gasteiger partial charge on any atom is 0.337 e. The molecule has 0 aliphatic heterocycles. The van der Waals surface area contributed by atoms with Crippen LogP contribution >= 0.6 is 0 Å². The zero-order valence-electron chi connectivity index (χ0n) is 11.2. The number of hydrogen-bond donors (Lipinski definition) is 2. The highest BCUT2D eigenvalue weighted by Gasteiger charge is 2.19. The van der Waals surface area contributed by atoms with E-state index in [0.29, 0.717) is 12.1 Å². The van der Waals surface area contributed by atoms with Crippen LogP contribution < -0.4 is 5.32 Å². The Morgan fingerprint density at radius 3 is 2.85 bits per heavy atom. The second-order valence-corrected chi connectivity index (χ2v) is 4.48. The van der Waals surface area contributed by atoms with Crippen molar-refractivity contribution in [3.63, 3.8) is 0 Å². The van der Waals surface area contributed by atoms with Crippen LogP contribution in [0.2, 0.25) is 0 Å². The number of carboxylic acid groups (broad SMARTS) is 1. The van der Waals surface area contributed by atoms with Crippen LogP contribution in [0.1, 0.15) is 23.3 Å². The first-order valence-electron chi connectivity index (χ1n) is 6.27. The summed E-state index contributed by atoms with van der Waals surface area (Å²) in [6.07, 6.45) is 3.33. The minimum absolute atomic E-state index is 0.178. The number of nitrogens with zero attached hydrogens (tertiary/aromatic N) is 1. The molecule has 1 aromatic carbocycles. The smallest absolute Gasteiger partial charge is 0.337 e. The van der Waals surface area contributed by atoms with Gasteiger partial charge in [0.1, 0.15) is 6.04 Å². The van der Waals surface area contributed by atoms with E-state index in [4.69, 9.17) is 0 Å². The van der Waals surface area contributed by atoms with E-state index in [1.165, 1.54) is 6.07 Å². The molecule has 1 amide bonds. The van der Waals surface area contributed by atoms with Crippen molar-refractivity contribution in [2.45, 2.75) is 13.0 Å². The van der Waals surface area contributed by atoms with E-state index in [2.05, 4.69) is 11.9 Å². The Hall–Kier alpha value is -2.56. The maximum atomic E-state index is 12.0. The van der Waals surface area contributed by atoms with E-state index < -0.39 is 12.0 Å². The first kappa shape index (κ1) is 13.9. The number of aromatic carboxylic acids is 1. The van der Waals surface area contributed by atoms with Gasteiger partial charge < -0.3 is 15.0 Å². The summed E-state index contributed by atoms with van der Waals surface area (Å²) in [6.45, 7) is 5.66. The summed E-state index contributed by atoms with van der Waals surface area (Å²) in [4.78, 5) is 23.3. The highest BCUT2D eigenvalue weighted by atomic mass is 16.4. The molecule has 0 fully saturated rings. The number of carbonyl (C=O) groups is 2. The van der Waals surface area contributed by atoms with Gasteiger partial charge in [0, 0.05) is 18.1 Å². The Bertz CT molecular complexity index is 673. The molecule has 0 bridgehead atoms. The average molecular weight is 272 g/mol. The first-order valence-corrected chi connectivity index (χ1v) is 6.27. The molecule has 20 heavy (non-hydrogen) atoms. The third kappa shape index (κ3) is 2.42. The fourth-order valence-corrected chi connectivity index (χ4v) is 2.16. The molecule has 1 unspecified atom stereocenters. The lowest BCUT2D eigenvalue weighted by atomic mass is 10.1. The van der Waals surface area contributed by atoms with Crippen LogP contribution in [0, 0.1) is 0 Å². The second kappa shape index (κ2) is 5.61. The average Bonchev–Trinajstić information content (AvgIpc) is 2.87. The Morgan fingerprint density at radius 2 is 2.20 bits per heavy atom. The zero-order chi connectivity index (χ0) is 14.7. The predicted molar refractivity (Wildman–Crippen MR) is 76.8 cm³/mol. The molecular formula is C15H16N2O3. The van der Waals surface area contributed by atoms with Gasteiger partial charge in [-0.05, 0) is 19.1 Å². The molecule has 0 saturated heterocycles. The topological polar surface area (TPSA) is 71.3 Å². The molecule has 1 atom stereocenters. The lowest BCUT2D eigenvalue weighted by Crippen LogP contribution is -2.30. The van der Waals surface area contributed by atoms with Gasteiger partial charge in [0.2, 0.25) is 5.91 Å². The Kier molecular flexibility index (Phi) is 3.89. The number of fused-ring (bicyclic) bond motifs is 1. The van der Waals surface area contributed by atoms with Crippen LogP contribution in [0.25, 0.3) is 10.9 Å². The van der Waals surface area contributed by atoms with E-state index >= 15 is 0 Å². The molecule has 5 nitrogen and oxygen atoms in total. The number of hydrogen-bond acceptors (Lipinski definition) is 2. The third-order valence-corrected chi connectivity index (χ3v) is 3.19. The molecule has 2 N–H and O–H groups in total. The molecule has 0 spiro atoms. The fourth-order valence-electron chi connectivity index (χ4n) is 2.16. The molecule has 5 heteroatoms. The lowest BCUT2D eigenvalue weighted by molar-refractivity contribution is -0.123. The number of rotatable bonds is 5. The molecule has 1 aromatic heterocycles. The lowest BCUT2D eigenvalue weighted by Gasteiger charge is -2.15. The van der Waals surface area contributed by atoms with Crippen LogP contribution in [0.3, 0.4) is 0 Å². The van der Waals surface area contributed by atoms with Gasteiger partial charge in [-0.1, -0.05) is 18.2 Å². The van der Waals surface area contributed by atoms with Gasteiger partial charge in [-0.3, -0.25) is 4.79 Å². The van der Waals surface area contributed by atoms with Crippen LogP contribution in [0.4, 0.5) is 0 Å². The van der Waals surface area contributed by atoms with Crippen molar-refractivity contribution in [3.8, 4) is 0 Å². The van der Waals surface area contributed by atoms with Gasteiger partial charge in [0.05, 0.1) is 11.1 Å². The standard InChI is InChI=1S/C15H16N2O3/c1-3-8-16-14(18)10(2)17-9-7-11-5-4-6-12(13(11)17)15(19)20/h3-7,9-10H,1,8H2,2H3,(H,16,18)(H,19,20). The van der Waals surface area contributed by atoms with Gasteiger partial charge in [-0.25, -0.2) is 4.79 Å². The van der Waals surface area contributed by atoms with E-state index in [1.807, 2.05) is 6.07 Å². The molecule has 0 aliphatic carbocycles. The van der Waals surface area contributed by atoms with Gasteiger partial charge in [0.25, 0.3) is 0 Å². The Morgan fingerprint density at radius 1 is 1.45 bits per heavy atom. The molecule has 2 rings (SSSR count). The Labute approximate surface area is 116 Å². The monoisotopic (exact) mass is 272 g/mol. The number of nitrogens with one attached hydrogen (secondary N) is 1. The molecule has 0 saturated carbocycles. The second-order valence-electron chi connectivity index (χ2n) is 4.48. The third-order valence-electron chi connectivity index (χ3n) is 3.19. The van der Waals surface area contributed by atoms with Crippen LogP contribution in [-0.4, -0.2) is 28.1 Å². The predicted octanol–water partition coefficient (Wildman–Crippen LogP) is 2.20. The highest BCUT2D eigenvalue weighted by Crippen LogP contribution is 2.24. The SMILES string of the molecule is C=CCNC(=O)C(C)n1ccc2cccc(C(=O)O)c21. The van der Waals surface area contributed by atoms with Crippen LogP contribution in [-0.2, 0) is 4.79 Å². The minimum atomic E-state index is -1.01. The van der Waals surface area contributed by atoms with Crippen LogP contribution in [0.15, 0.2) is 43.1 Å². The quantitative estimate of drug-likeness (QED) is 0.820. The summed E-state index contributed by atoms with van der Waals surface area (Å²) in [6, 6.07) is 6.37. The number of amides is 1. The van der Waals surface area contributed by atoms with Crippen molar-refractivity contribution >= 4 is 22.8 Å². The number of aromatic nitrogens is 1. The Balaban J connectivity index is 2.46. The van der Waals surface area contributed by atoms with Gasteiger partial charge in [0.15, 0.2) is 0 Å². The van der Waals surface area contributed by atoms with E-state index in [9.17, 15) is 14.7 Å². The van der Waals surface area contributed by atoms with Crippen molar-refractivity contribution in [2.24, 2.45) is 0 Å². The number of para-hydroxylation sites is 1. The highest BCUT2D eigenvalue weighted by molar-refractivity contribution is 6.03. The van der Waals surface area contributed by atoms with E-state index in [0.717, 1.165) is 5.39 Å². The zero-order valence-corrected chi connectivity index (χ0v) is 11.2. The summed E-state index contributed by atoms with van der Waals surface area (Å²) in [5, 5.41) is 12.8. The fraction of sp³-hybridized carbons (Fsp3) is 0.200. The van der Waals surface area contributed by atoms with Gasteiger partial charge in [-0.2, -0.15) is 0 Å². The number of carbonyl (C=O) groups excluding carboxylic acids is 1. The van der Waals surface area contributed by atoms with Crippen molar-refractivity contribution in [1.29, 1.82) is 0 Å². The number of benzene rings is 1. The van der Waals surface area contributed by atoms with E-state index in [-0.39, 0.29) is 11.5 Å². The van der Waals surface area contributed by atoms with E-state index in [1.54, 1.807) is 35.9 Å². The van der Waals surface area contributed by atoms with Crippen molar-refractivity contribution in [2.75, 3.05) is 6.54 Å². The molecule has 2 aromatic rings. The minimum Gasteiger partial charge on any atom is -0.478 e. The molecule has 1 heterocycles.